The fourth-order valence-corrected chi connectivity index (χ4v) is 1.14. The first-order valence-corrected chi connectivity index (χ1v) is 4.85. The number of hydrogen-bond acceptors (Lipinski definition) is 3. The van der Waals surface area contributed by atoms with Crippen LogP contribution in [0.4, 0.5) is 10.2 Å². The summed E-state index contributed by atoms with van der Waals surface area (Å²) in [5.41, 5.74) is -0.0270. The van der Waals surface area contributed by atoms with Crippen molar-refractivity contribution in [3.8, 4) is 0 Å². The van der Waals surface area contributed by atoms with Gasteiger partial charge in [-0.3, -0.25) is 0 Å². The lowest BCUT2D eigenvalue weighted by Gasteiger charge is -2.28. The van der Waals surface area contributed by atoms with Crippen LogP contribution in [0.1, 0.15) is 33.6 Å². The third kappa shape index (κ3) is 2.65. The van der Waals surface area contributed by atoms with Crippen molar-refractivity contribution >= 4 is 5.82 Å². The minimum Gasteiger partial charge on any atom is -0.365 e. The molecule has 0 aliphatic carbocycles. The SMILES string of the molecule is CCC(C)(CC)Nc1cc(F)ncn1. The molecule has 1 rings (SSSR count). The van der Waals surface area contributed by atoms with Crippen LogP contribution in [0.25, 0.3) is 0 Å². The van der Waals surface area contributed by atoms with Crippen LogP contribution in [0.3, 0.4) is 0 Å². The molecule has 0 saturated carbocycles. The molecule has 0 spiro atoms. The van der Waals surface area contributed by atoms with Gasteiger partial charge in [0.25, 0.3) is 0 Å². The minimum atomic E-state index is -0.503. The molecule has 0 amide bonds. The summed E-state index contributed by atoms with van der Waals surface area (Å²) in [5.74, 6) is 0.0424. The maximum Gasteiger partial charge on any atom is 0.217 e. The first-order valence-electron chi connectivity index (χ1n) is 4.85. The largest absolute Gasteiger partial charge is 0.365 e. The highest BCUT2D eigenvalue weighted by molar-refractivity contribution is 5.35. The lowest BCUT2D eigenvalue weighted by atomic mass is 9.96. The summed E-state index contributed by atoms with van der Waals surface area (Å²) in [6, 6.07) is 1.31. The molecule has 1 aromatic heterocycles. The molecule has 14 heavy (non-hydrogen) atoms. The van der Waals surface area contributed by atoms with Crippen molar-refractivity contribution in [3.63, 3.8) is 0 Å². The van der Waals surface area contributed by atoms with Crippen molar-refractivity contribution < 1.29 is 4.39 Å². The second-order valence-electron chi connectivity index (χ2n) is 3.62. The molecule has 0 radical (unpaired) electrons. The number of anilines is 1. The zero-order valence-corrected chi connectivity index (χ0v) is 8.84. The fourth-order valence-electron chi connectivity index (χ4n) is 1.14. The van der Waals surface area contributed by atoms with Gasteiger partial charge in [-0.15, -0.1) is 0 Å². The average Bonchev–Trinajstić information content (AvgIpc) is 2.18. The van der Waals surface area contributed by atoms with Crippen molar-refractivity contribution in [2.24, 2.45) is 0 Å². The summed E-state index contributed by atoms with van der Waals surface area (Å²) in [5, 5.41) is 3.20. The highest BCUT2D eigenvalue weighted by Crippen LogP contribution is 2.19. The van der Waals surface area contributed by atoms with Crippen LogP contribution in [0, 0.1) is 5.95 Å². The first kappa shape index (κ1) is 10.9. The van der Waals surface area contributed by atoms with E-state index < -0.39 is 5.95 Å². The Bertz CT molecular complexity index is 297. The Morgan fingerprint density at radius 2 is 2.00 bits per heavy atom. The maximum atomic E-state index is 12.8. The average molecular weight is 197 g/mol. The highest BCUT2D eigenvalue weighted by atomic mass is 19.1. The summed E-state index contributed by atoms with van der Waals surface area (Å²) in [6.45, 7) is 6.27. The van der Waals surface area contributed by atoms with Gasteiger partial charge in [0.15, 0.2) is 0 Å². The summed E-state index contributed by atoms with van der Waals surface area (Å²) >= 11 is 0. The Balaban J connectivity index is 2.77. The fraction of sp³-hybridized carbons (Fsp3) is 0.600. The molecule has 0 fully saturated rings. The van der Waals surface area contributed by atoms with E-state index in [9.17, 15) is 4.39 Å². The van der Waals surface area contributed by atoms with Crippen LogP contribution in [0.5, 0.6) is 0 Å². The number of halogens is 1. The zero-order chi connectivity index (χ0) is 10.6. The van der Waals surface area contributed by atoms with Gasteiger partial charge in [0.1, 0.15) is 12.1 Å². The van der Waals surface area contributed by atoms with Gasteiger partial charge in [0.05, 0.1) is 0 Å². The molecule has 78 valence electrons. The van der Waals surface area contributed by atoms with Crippen molar-refractivity contribution in [2.45, 2.75) is 39.2 Å². The van der Waals surface area contributed by atoms with Crippen LogP contribution >= 0.6 is 0 Å². The van der Waals surface area contributed by atoms with Crippen LogP contribution in [-0.4, -0.2) is 15.5 Å². The van der Waals surface area contributed by atoms with E-state index in [0.717, 1.165) is 12.8 Å². The van der Waals surface area contributed by atoms with Crippen molar-refractivity contribution in [1.82, 2.24) is 9.97 Å². The number of rotatable bonds is 4. The smallest absolute Gasteiger partial charge is 0.217 e. The van der Waals surface area contributed by atoms with Gasteiger partial charge in [-0.05, 0) is 19.8 Å². The van der Waals surface area contributed by atoms with Crippen molar-refractivity contribution in [1.29, 1.82) is 0 Å². The molecule has 0 aliphatic heterocycles. The van der Waals surface area contributed by atoms with Gasteiger partial charge in [-0.25, -0.2) is 9.97 Å². The van der Waals surface area contributed by atoms with E-state index in [1.54, 1.807) is 0 Å². The Kier molecular flexibility index (Phi) is 3.38. The second kappa shape index (κ2) is 4.35. The molecule has 0 saturated heterocycles. The topological polar surface area (TPSA) is 37.8 Å². The lowest BCUT2D eigenvalue weighted by molar-refractivity contribution is 0.475. The molecule has 1 aromatic rings. The van der Waals surface area contributed by atoms with Crippen molar-refractivity contribution in [2.75, 3.05) is 5.32 Å². The maximum absolute atomic E-state index is 12.8. The molecular weight excluding hydrogens is 181 g/mol. The molecule has 4 heteroatoms. The predicted octanol–water partition coefficient (Wildman–Crippen LogP) is 2.61. The van der Waals surface area contributed by atoms with Crippen LogP contribution < -0.4 is 5.32 Å². The monoisotopic (exact) mass is 197 g/mol. The van der Waals surface area contributed by atoms with E-state index in [-0.39, 0.29) is 5.54 Å². The summed E-state index contributed by atoms with van der Waals surface area (Å²) in [6.07, 6.45) is 3.16. The minimum absolute atomic E-state index is 0.0270. The molecule has 0 atom stereocenters. The Morgan fingerprint density at radius 1 is 1.36 bits per heavy atom. The molecule has 3 nitrogen and oxygen atoms in total. The molecule has 0 aliphatic rings. The number of hydrogen-bond donors (Lipinski definition) is 1. The van der Waals surface area contributed by atoms with Crippen molar-refractivity contribution in [3.05, 3.63) is 18.3 Å². The quantitative estimate of drug-likeness (QED) is 0.754. The van der Waals surface area contributed by atoms with E-state index in [2.05, 4.69) is 36.1 Å². The highest BCUT2D eigenvalue weighted by Gasteiger charge is 2.19. The molecule has 1 N–H and O–H groups in total. The molecule has 0 unspecified atom stereocenters. The Labute approximate surface area is 83.8 Å². The first-order chi connectivity index (χ1) is 6.59. The van der Waals surface area contributed by atoms with E-state index >= 15 is 0 Å². The zero-order valence-electron chi connectivity index (χ0n) is 8.84. The van der Waals surface area contributed by atoms with Gasteiger partial charge >= 0.3 is 0 Å². The molecule has 0 bridgehead atoms. The molecular formula is C10H16FN3. The third-order valence-corrected chi connectivity index (χ3v) is 2.62. The summed E-state index contributed by atoms with van der Waals surface area (Å²) in [4.78, 5) is 7.36. The van der Waals surface area contributed by atoms with Gasteiger partial charge in [0.2, 0.25) is 5.95 Å². The standard InChI is InChI=1S/C10H16FN3/c1-4-10(3,5-2)14-9-6-8(11)12-7-13-9/h6-7H,4-5H2,1-3H3,(H,12,13,14). The lowest BCUT2D eigenvalue weighted by Crippen LogP contribution is -2.33. The van der Waals surface area contributed by atoms with Crippen LogP contribution in [0.15, 0.2) is 12.4 Å². The van der Waals surface area contributed by atoms with E-state index in [0.29, 0.717) is 5.82 Å². The van der Waals surface area contributed by atoms with Crippen LogP contribution in [-0.2, 0) is 0 Å². The predicted molar refractivity (Wildman–Crippen MR) is 54.6 cm³/mol. The van der Waals surface area contributed by atoms with E-state index in [1.165, 1.54) is 12.4 Å². The van der Waals surface area contributed by atoms with Crippen LogP contribution in [0.2, 0.25) is 0 Å². The normalized spacial score (nSPS) is 11.4. The number of nitrogens with zero attached hydrogens (tertiary/aromatic N) is 2. The Hall–Kier alpha value is -1.19. The number of nitrogens with one attached hydrogen (secondary N) is 1. The Morgan fingerprint density at radius 3 is 2.50 bits per heavy atom. The van der Waals surface area contributed by atoms with Gasteiger partial charge in [0, 0.05) is 11.6 Å². The second-order valence-corrected chi connectivity index (χ2v) is 3.62. The van der Waals surface area contributed by atoms with E-state index in [4.69, 9.17) is 0 Å². The summed E-state index contributed by atoms with van der Waals surface area (Å²) in [7, 11) is 0. The molecule has 1 heterocycles. The molecule has 0 aromatic carbocycles. The van der Waals surface area contributed by atoms with Gasteiger partial charge < -0.3 is 5.32 Å². The van der Waals surface area contributed by atoms with E-state index in [1.807, 2.05) is 0 Å². The van der Waals surface area contributed by atoms with Gasteiger partial charge in [-0.2, -0.15) is 4.39 Å². The summed E-state index contributed by atoms with van der Waals surface area (Å²) < 4.78 is 12.8. The number of aromatic nitrogens is 2. The third-order valence-electron chi connectivity index (χ3n) is 2.62. The van der Waals surface area contributed by atoms with Gasteiger partial charge in [-0.1, -0.05) is 13.8 Å².